The maximum absolute atomic E-state index is 4.63. The highest BCUT2D eigenvalue weighted by atomic mass is 15.4. The first-order chi connectivity index (χ1) is 12.6. The van der Waals surface area contributed by atoms with E-state index in [4.69, 9.17) is 0 Å². The molecule has 0 atom stereocenters. The molecule has 1 saturated heterocycles. The topological polar surface area (TPSA) is 66.9 Å². The molecule has 0 aliphatic carbocycles. The van der Waals surface area contributed by atoms with Crippen LogP contribution in [0.15, 0.2) is 36.7 Å². The molecule has 0 aromatic carbocycles. The molecule has 8 heteroatoms. The van der Waals surface area contributed by atoms with Gasteiger partial charge < -0.3 is 9.80 Å². The van der Waals surface area contributed by atoms with Gasteiger partial charge in [0.25, 0.3) is 0 Å². The Hall–Kier alpha value is -3.16. The van der Waals surface area contributed by atoms with Crippen molar-refractivity contribution in [2.45, 2.75) is 19.9 Å². The lowest BCUT2D eigenvalue weighted by Gasteiger charge is -2.45. The maximum atomic E-state index is 4.63. The summed E-state index contributed by atoms with van der Waals surface area (Å²) < 4.78 is 3.75. The Kier molecular flexibility index (Phi) is 3.15. The van der Waals surface area contributed by atoms with Crippen molar-refractivity contribution in [2.75, 3.05) is 29.9 Å². The number of likely N-dealkylation sites (N-methyl/N-ethyl adjacent to an activating group) is 1. The molecule has 0 amide bonds. The molecule has 4 aromatic rings. The number of aryl methyl sites for hydroxylation is 2. The molecular formula is C18H20N8. The van der Waals surface area contributed by atoms with Crippen molar-refractivity contribution < 1.29 is 0 Å². The Morgan fingerprint density at radius 1 is 1.04 bits per heavy atom. The van der Waals surface area contributed by atoms with Gasteiger partial charge in [-0.1, -0.05) is 0 Å². The molecule has 0 radical (unpaired) electrons. The van der Waals surface area contributed by atoms with E-state index in [-0.39, 0.29) is 0 Å². The van der Waals surface area contributed by atoms with E-state index >= 15 is 0 Å². The Morgan fingerprint density at radius 3 is 2.73 bits per heavy atom. The van der Waals surface area contributed by atoms with E-state index in [1.54, 1.807) is 6.20 Å². The van der Waals surface area contributed by atoms with Crippen LogP contribution >= 0.6 is 0 Å². The van der Waals surface area contributed by atoms with E-state index in [2.05, 4.69) is 43.1 Å². The minimum absolute atomic E-state index is 0.407. The second-order valence-corrected chi connectivity index (χ2v) is 6.90. The SMILES string of the molecule is Cc1cc(N(C)C2CN(c3ccc4nccn4n3)C2)n2nc(C)cc2n1. The fraction of sp³-hybridized carbons (Fsp3) is 0.333. The summed E-state index contributed by atoms with van der Waals surface area (Å²) in [6.45, 7) is 5.87. The summed E-state index contributed by atoms with van der Waals surface area (Å²) in [5.74, 6) is 2.05. The fourth-order valence-corrected chi connectivity index (χ4v) is 3.49. The molecule has 4 aromatic heterocycles. The first-order valence-electron chi connectivity index (χ1n) is 8.71. The average Bonchev–Trinajstić information content (AvgIpc) is 3.17. The molecule has 0 saturated carbocycles. The summed E-state index contributed by atoms with van der Waals surface area (Å²) in [5.41, 5.74) is 3.74. The molecule has 5 rings (SSSR count). The summed E-state index contributed by atoms with van der Waals surface area (Å²) in [6.07, 6.45) is 3.64. The molecule has 8 nitrogen and oxygen atoms in total. The van der Waals surface area contributed by atoms with Gasteiger partial charge in [0.1, 0.15) is 11.6 Å². The van der Waals surface area contributed by atoms with Crippen LogP contribution in [0.25, 0.3) is 11.3 Å². The van der Waals surface area contributed by atoms with Crippen molar-refractivity contribution in [3.05, 3.63) is 48.0 Å². The summed E-state index contributed by atoms with van der Waals surface area (Å²) in [7, 11) is 2.12. The smallest absolute Gasteiger partial charge is 0.157 e. The zero-order valence-electron chi connectivity index (χ0n) is 15.0. The van der Waals surface area contributed by atoms with E-state index in [9.17, 15) is 0 Å². The molecule has 0 bridgehead atoms. The third-order valence-electron chi connectivity index (χ3n) is 5.00. The maximum Gasteiger partial charge on any atom is 0.157 e. The van der Waals surface area contributed by atoms with E-state index in [1.165, 1.54) is 0 Å². The van der Waals surface area contributed by atoms with Gasteiger partial charge in [0.05, 0.1) is 11.7 Å². The third kappa shape index (κ3) is 2.29. The van der Waals surface area contributed by atoms with Crippen LogP contribution in [0, 0.1) is 13.8 Å². The number of nitrogens with zero attached hydrogens (tertiary/aromatic N) is 8. The van der Waals surface area contributed by atoms with Gasteiger partial charge in [-0.15, -0.1) is 5.10 Å². The van der Waals surface area contributed by atoms with Crippen LogP contribution in [0.2, 0.25) is 0 Å². The minimum atomic E-state index is 0.407. The lowest BCUT2D eigenvalue weighted by molar-refractivity contribution is 0.484. The van der Waals surface area contributed by atoms with E-state index in [1.807, 2.05) is 47.3 Å². The number of aromatic nitrogens is 6. The summed E-state index contributed by atoms with van der Waals surface area (Å²) in [4.78, 5) is 13.4. The average molecular weight is 348 g/mol. The first-order valence-corrected chi connectivity index (χ1v) is 8.71. The van der Waals surface area contributed by atoms with Crippen molar-refractivity contribution in [1.29, 1.82) is 0 Å². The van der Waals surface area contributed by atoms with Crippen molar-refractivity contribution in [2.24, 2.45) is 0 Å². The van der Waals surface area contributed by atoms with Crippen LogP contribution in [-0.2, 0) is 0 Å². The number of hydrogen-bond acceptors (Lipinski definition) is 6. The number of fused-ring (bicyclic) bond motifs is 2. The zero-order valence-corrected chi connectivity index (χ0v) is 15.0. The standard InChI is InChI=1S/C18H20N8/c1-12-9-18(26-17(20-12)8-13(2)21-26)23(3)14-10-24(11-14)16-5-4-15-19-6-7-25(15)22-16/h4-9,14H,10-11H2,1-3H3. The minimum Gasteiger partial charge on any atom is -0.353 e. The summed E-state index contributed by atoms with van der Waals surface area (Å²) >= 11 is 0. The molecule has 1 fully saturated rings. The lowest BCUT2D eigenvalue weighted by Crippen LogP contribution is -2.59. The van der Waals surface area contributed by atoms with E-state index in [0.29, 0.717) is 6.04 Å². The highest BCUT2D eigenvalue weighted by Crippen LogP contribution is 2.26. The Bertz CT molecular complexity index is 1100. The molecule has 132 valence electrons. The van der Waals surface area contributed by atoms with Gasteiger partial charge in [0.15, 0.2) is 11.3 Å². The van der Waals surface area contributed by atoms with Gasteiger partial charge in [-0.2, -0.15) is 9.61 Å². The first kappa shape index (κ1) is 15.1. The molecule has 0 N–H and O–H groups in total. The lowest BCUT2D eigenvalue weighted by atomic mass is 10.1. The van der Waals surface area contributed by atoms with Crippen molar-refractivity contribution in [3.63, 3.8) is 0 Å². The molecule has 5 heterocycles. The van der Waals surface area contributed by atoms with Gasteiger partial charge in [0.2, 0.25) is 0 Å². The van der Waals surface area contributed by atoms with Crippen LogP contribution in [0.3, 0.4) is 0 Å². The normalized spacial score (nSPS) is 15.0. The molecule has 0 spiro atoms. The van der Waals surface area contributed by atoms with Gasteiger partial charge in [-0.3, -0.25) is 0 Å². The monoisotopic (exact) mass is 348 g/mol. The third-order valence-corrected chi connectivity index (χ3v) is 5.00. The van der Waals surface area contributed by atoms with Crippen molar-refractivity contribution >= 4 is 22.9 Å². The second kappa shape index (κ2) is 5.42. The van der Waals surface area contributed by atoms with E-state index in [0.717, 1.165) is 47.4 Å². The molecule has 0 unspecified atom stereocenters. The van der Waals surface area contributed by atoms with Crippen molar-refractivity contribution in [1.82, 2.24) is 29.2 Å². The molecule has 1 aliphatic heterocycles. The molecule has 1 aliphatic rings. The zero-order chi connectivity index (χ0) is 17.8. The van der Waals surface area contributed by atoms with Crippen LogP contribution < -0.4 is 9.80 Å². The molecular weight excluding hydrogens is 328 g/mol. The van der Waals surface area contributed by atoms with Gasteiger partial charge in [-0.25, -0.2) is 14.5 Å². The summed E-state index contributed by atoms with van der Waals surface area (Å²) in [6, 6.07) is 8.55. The van der Waals surface area contributed by atoms with Crippen LogP contribution in [-0.4, -0.2) is 55.4 Å². The van der Waals surface area contributed by atoms with Crippen LogP contribution in [0.4, 0.5) is 11.6 Å². The number of anilines is 2. The predicted octanol–water partition coefficient (Wildman–Crippen LogP) is 1.71. The Labute approximate surface area is 150 Å². The van der Waals surface area contributed by atoms with E-state index < -0.39 is 0 Å². The summed E-state index contributed by atoms with van der Waals surface area (Å²) in [5, 5.41) is 9.22. The second-order valence-electron chi connectivity index (χ2n) is 6.90. The van der Waals surface area contributed by atoms with Crippen LogP contribution in [0.5, 0.6) is 0 Å². The fourth-order valence-electron chi connectivity index (χ4n) is 3.49. The van der Waals surface area contributed by atoms with Gasteiger partial charge in [0, 0.05) is 50.4 Å². The van der Waals surface area contributed by atoms with Gasteiger partial charge in [-0.05, 0) is 26.0 Å². The van der Waals surface area contributed by atoms with Crippen LogP contribution in [0.1, 0.15) is 11.4 Å². The highest BCUT2D eigenvalue weighted by molar-refractivity contribution is 5.55. The largest absolute Gasteiger partial charge is 0.353 e. The van der Waals surface area contributed by atoms with Gasteiger partial charge >= 0.3 is 0 Å². The highest BCUT2D eigenvalue weighted by Gasteiger charge is 2.32. The number of rotatable bonds is 3. The Balaban J connectivity index is 1.39. The Morgan fingerprint density at radius 2 is 1.88 bits per heavy atom. The number of hydrogen-bond donors (Lipinski definition) is 0. The number of imidazole rings is 1. The predicted molar refractivity (Wildman–Crippen MR) is 99.9 cm³/mol. The molecule has 26 heavy (non-hydrogen) atoms. The quantitative estimate of drug-likeness (QED) is 0.562. The van der Waals surface area contributed by atoms with Crippen molar-refractivity contribution in [3.8, 4) is 0 Å².